The van der Waals surface area contributed by atoms with Crippen molar-refractivity contribution in [2.75, 3.05) is 0 Å². The third kappa shape index (κ3) is 1.42. The number of rotatable bonds is 2. The quantitative estimate of drug-likeness (QED) is 0.894. The Bertz CT molecular complexity index is 768. The molecule has 1 aromatic rings. The van der Waals surface area contributed by atoms with Crippen LogP contribution in [0.2, 0.25) is 0 Å². The van der Waals surface area contributed by atoms with Gasteiger partial charge in [-0.2, -0.15) is 15.8 Å². The molecule has 2 saturated heterocycles. The van der Waals surface area contributed by atoms with Crippen molar-refractivity contribution < 1.29 is 13.9 Å². The van der Waals surface area contributed by atoms with E-state index >= 15 is 0 Å². The van der Waals surface area contributed by atoms with Crippen LogP contribution in [-0.4, -0.2) is 11.7 Å². The number of nitrogens with one attached hydrogen (secondary N) is 1. The molecule has 2 fully saturated rings. The number of ether oxygens (including phenoxy) is 2. The Hall–Kier alpha value is -2.82. The average Bonchev–Trinajstić information content (AvgIpc) is 3.14. The van der Waals surface area contributed by atoms with E-state index in [1.165, 1.54) is 6.26 Å². The number of fused-ring (bicyclic) bond motifs is 2. The van der Waals surface area contributed by atoms with Crippen molar-refractivity contribution in [3.63, 3.8) is 0 Å². The molecule has 2 aliphatic rings. The van der Waals surface area contributed by atoms with Crippen LogP contribution >= 0.6 is 0 Å². The van der Waals surface area contributed by atoms with Crippen LogP contribution in [0.15, 0.2) is 22.8 Å². The lowest BCUT2D eigenvalue weighted by Gasteiger charge is -2.47. The SMILES string of the molecule is CC[C@@]12OC(=N)[C@@](C#N)([C@@H]1C)C(C#N)(C#N)[C@@H](c1ccco1)O2. The molecule has 2 aliphatic heterocycles. The van der Waals surface area contributed by atoms with Crippen LogP contribution in [0.5, 0.6) is 0 Å². The Morgan fingerprint density at radius 3 is 2.43 bits per heavy atom. The third-order valence-electron chi connectivity index (χ3n) is 5.10. The number of nitriles is 3. The van der Waals surface area contributed by atoms with Gasteiger partial charge in [0.15, 0.2) is 11.5 Å². The van der Waals surface area contributed by atoms with Gasteiger partial charge in [-0.05, 0) is 12.1 Å². The van der Waals surface area contributed by atoms with E-state index in [2.05, 4.69) is 0 Å². The molecule has 0 unspecified atom stereocenters. The molecule has 0 aromatic carbocycles. The van der Waals surface area contributed by atoms with Gasteiger partial charge >= 0.3 is 0 Å². The predicted molar refractivity (Wildman–Crippen MR) is 75.2 cm³/mol. The van der Waals surface area contributed by atoms with Crippen LogP contribution in [0.4, 0.5) is 0 Å². The lowest BCUT2D eigenvalue weighted by Crippen LogP contribution is -2.58. The summed E-state index contributed by atoms with van der Waals surface area (Å²) in [5.41, 5.74) is -3.66. The zero-order valence-corrected chi connectivity index (χ0v) is 12.7. The highest BCUT2D eigenvalue weighted by molar-refractivity contribution is 5.89. The summed E-state index contributed by atoms with van der Waals surface area (Å²) in [7, 11) is 0. The number of hydrogen-bond donors (Lipinski definition) is 1. The smallest absolute Gasteiger partial charge is 0.217 e. The van der Waals surface area contributed by atoms with E-state index in [1.54, 1.807) is 19.1 Å². The van der Waals surface area contributed by atoms with Crippen LogP contribution in [0.25, 0.3) is 0 Å². The minimum Gasteiger partial charge on any atom is -0.466 e. The molecule has 0 amide bonds. The Balaban J connectivity index is 2.35. The molecular formula is C16H14N4O3. The van der Waals surface area contributed by atoms with Crippen molar-refractivity contribution in [1.82, 2.24) is 0 Å². The van der Waals surface area contributed by atoms with Crippen molar-refractivity contribution in [2.45, 2.75) is 32.2 Å². The summed E-state index contributed by atoms with van der Waals surface area (Å²) in [4.78, 5) is 0. The standard InChI is InChI=1S/C16H14N4O3/c1-3-16-10(2)15(9-19,13(20)23-16)14(7-17,8-18)12(22-16)11-5-4-6-21-11/h4-6,10,12,20H,3H2,1-2H3/t10-,12+,15+,16+/m0/s1. The van der Waals surface area contributed by atoms with E-state index in [-0.39, 0.29) is 5.76 Å². The maximum atomic E-state index is 9.87. The molecule has 4 atom stereocenters. The molecule has 0 spiro atoms. The van der Waals surface area contributed by atoms with Gasteiger partial charge in [-0.3, -0.25) is 5.41 Å². The maximum absolute atomic E-state index is 9.87. The molecule has 1 N–H and O–H groups in total. The first-order valence-corrected chi connectivity index (χ1v) is 7.21. The molecule has 116 valence electrons. The van der Waals surface area contributed by atoms with Gasteiger partial charge in [-0.15, -0.1) is 0 Å². The van der Waals surface area contributed by atoms with Crippen LogP contribution in [0.3, 0.4) is 0 Å². The first-order valence-electron chi connectivity index (χ1n) is 7.21. The lowest BCUT2D eigenvalue weighted by molar-refractivity contribution is -0.283. The van der Waals surface area contributed by atoms with Gasteiger partial charge in [0.05, 0.1) is 30.4 Å². The molecule has 7 heteroatoms. The first-order chi connectivity index (χ1) is 11.0. The van der Waals surface area contributed by atoms with Gasteiger partial charge in [-0.1, -0.05) is 13.8 Å². The molecule has 0 saturated carbocycles. The van der Waals surface area contributed by atoms with Crippen molar-refractivity contribution in [3.8, 4) is 18.2 Å². The fourth-order valence-electron chi connectivity index (χ4n) is 3.74. The van der Waals surface area contributed by atoms with Gasteiger partial charge in [0.2, 0.25) is 17.1 Å². The fraction of sp³-hybridized carbons (Fsp3) is 0.500. The molecule has 2 bridgehead atoms. The van der Waals surface area contributed by atoms with Gasteiger partial charge in [0.1, 0.15) is 5.76 Å². The summed E-state index contributed by atoms with van der Waals surface area (Å²) in [6.07, 6.45) is 0.651. The van der Waals surface area contributed by atoms with Gasteiger partial charge in [0, 0.05) is 6.42 Å². The lowest BCUT2D eigenvalue weighted by atomic mass is 9.54. The molecule has 1 aromatic heterocycles. The molecule has 7 nitrogen and oxygen atoms in total. The summed E-state index contributed by atoms with van der Waals surface area (Å²) >= 11 is 0. The highest BCUT2D eigenvalue weighted by atomic mass is 16.7. The molecule has 0 aliphatic carbocycles. The average molecular weight is 310 g/mol. The Kier molecular flexibility index (Phi) is 3.01. The fourth-order valence-corrected chi connectivity index (χ4v) is 3.74. The number of nitrogens with zero attached hydrogens (tertiary/aromatic N) is 3. The van der Waals surface area contributed by atoms with Crippen molar-refractivity contribution in [3.05, 3.63) is 24.2 Å². The van der Waals surface area contributed by atoms with E-state index < -0.39 is 34.5 Å². The second-order valence-corrected chi connectivity index (χ2v) is 5.78. The van der Waals surface area contributed by atoms with Gasteiger partial charge < -0.3 is 13.9 Å². The minimum atomic E-state index is -1.94. The van der Waals surface area contributed by atoms with E-state index in [4.69, 9.17) is 19.3 Å². The van der Waals surface area contributed by atoms with Crippen molar-refractivity contribution in [1.29, 1.82) is 21.2 Å². The van der Waals surface area contributed by atoms with Crippen molar-refractivity contribution >= 4 is 5.90 Å². The largest absolute Gasteiger partial charge is 0.466 e. The summed E-state index contributed by atoms with van der Waals surface area (Å²) in [5, 5.41) is 37.7. The van der Waals surface area contributed by atoms with Crippen LogP contribution < -0.4 is 0 Å². The predicted octanol–water partition coefficient (Wildman–Crippen LogP) is 2.64. The first kappa shape index (κ1) is 15.1. The van der Waals surface area contributed by atoms with Crippen LogP contribution in [-0.2, 0) is 9.47 Å². The molecule has 23 heavy (non-hydrogen) atoms. The Labute approximate surface area is 133 Å². The summed E-state index contributed by atoms with van der Waals surface area (Å²) in [6.45, 7) is 3.48. The topological polar surface area (TPSA) is 127 Å². The van der Waals surface area contributed by atoms with E-state index in [0.717, 1.165) is 0 Å². The minimum absolute atomic E-state index is 0.260. The zero-order valence-electron chi connectivity index (χ0n) is 12.7. The Morgan fingerprint density at radius 1 is 1.26 bits per heavy atom. The van der Waals surface area contributed by atoms with Gasteiger partial charge in [0.25, 0.3) is 0 Å². The third-order valence-corrected chi connectivity index (χ3v) is 5.10. The van der Waals surface area contributed by atoms with Crippen LogP contribution in [0.1, 0.15) is 32.1 Å². The second-order valence-electron chi connectivity index (χ2n) is 5.78. The number of furan rings is 1. The highest BCUT2D eigenvalue weighted by Gasteiger charge is 2.79. The molecular weight excluding hydrogens is 296 g/mol. The molecule has 3 heterocycles. The molecule has 0 radical (unpaired) electrons. The van der Waals surface area contributed by atoms with E-state index in [9.17, 15) is 15.8 Å². The Morgan fingerprint density at radius 2 is 1.96 bits per heavy atom. The molecule has 3 rings (SSSR count). The summed E-state index contributed by atoms with van der Waals surface area (Å²) < 4.78 is 17.0. The summed E-state index contributed by atoms with van der Waals surface area (Å²) in [5.74, 6) is -2.02. The van der Waals surface area contributed by atoms with E-state index in [0.29, 0.717) is 6.42 Å². The zero-order chi connectivity index (χ0) is 16.9. The van der Waals surface area contributed by atoms with Gasteiger partial charge in [-0.25, -0.2) is 0 Å². The van der Waals surface area contributed by atoms with Crippen LogP contribution in [0, 0.1) is 56.2 Å². The maximum Gasteiger partial charge on any atom is 0.217 e. The normalized spacial score (nSPS) is 37.3. The van der Waals surface area contributed by atoms with Crippen molar-refractivity contribution in [2.24, 2.45) is 16.7 Å². The second kappa shape index (κ2) is 4.59. The summed E-state index contributed by atoms with van der Waals surface area (Å²) in [6, 6.07) is 9.11. The monoisotopic (exact) mass is 310 g/mol. The van der Waals surface area contributed by atoms with E-state index in [1.807, 2.05) is 25.1 Å². The number of hydrogen-bond acceptors (Lipinski definition) is 7. The highest BCUT2D eigenvalue weighted by Crippen LogP contribution is 2.66.